The lowest BCUT2D eigenvalue weighted by molar-refractivity contribution is 0.0602. The number of carbonyl (C=O) groups is 1. The zero-order valence-corrected chi connectivity index (χ0v) is 20.4. The molecular weight excluding hydrogens is 490 g/mol. The summed E-state index contributed by atoms with van der Waals surface area (Å²) in [6.07, 6.45) is 0.712. The fourth-order valence-electron chi connectivity index (χ4n) is 3.11. The molecule has 0 aliphatic heterocycles. The van der Waals surface area contributed by atoms with Crippen LogP contribution in [0.5, 0.6) is 0 Å². The average molecular weight is 510 g/mol. The molecule has 10 heteroatoms. The van der Waals surface area contributed by atoms with E-state index in [-0.39, 0.29) is 0 Å². The highest BCUT2D eigenvalue weighted by atomic mass is 35.5. The van der Waals surface area contributed by atoms with Crippen LogP contribution in [0, 0.1) is 0 Å². The molecule has 4 rings (SSSR count). The summed E-state index contributed by atoms with van der Waals surface area (Å²) in [5, 5.41) is 18.5. The van der Waals surface area contributed by atoms with Gasteiger partial charge in [-0.3, -0.25) is 0 Å². The van der Waals surface area contributed by atoms with Gasteiger partial charge in [0.25, 0.3) is 0 Å². The Kier molecular flexibility index (Phi) is 7.69. The van der Waals surface area contributed by atoms with Crippen molar-refractivity contribution in [3.05, 3.63) is 94.0 Å². The molecule has 0 radical (unpaired) electrons. The van der Waals surface area contributed by atoms with Crippen LogP contribution in [0.3, 0.4) is 0 Å². The fourth-order valence-corrected chi connectivity index (χ4v) is 4.58. The molecule has 0 aliphatic rings. The maximum atomic E-state index is 12.3. The van der Waals surface area contributed by atoms with Crippen LogP contribution >= 0.6 is 35.2 Å². The third kappa shape index (κ3) is 6.28. The normalized spacial score (nSPS) is 10.4. The van der Waals surface area contributed by atoms with E-state index in [1.165, 1.54) is 18.4 Å². The number of hydrogen-bond donors (Lipinski definition) is 3. The molecule has 0 saturated carbocycles. The maximum absolute atomic E-state index is 12.3. The van der Waals surface area contributed by atoms with Crippen molar-refractivity contribution in [1.82, 2.24) is 10.2 Å². The van der Waals surface area contributed by atoms with E-state index in [4.69, 9.17) is 28.6 Å². The van der Waals surface area contributed by atoms with Crippen molar-refractivity contribution in [2.24, 2.45) is 0 Å². The molecule has 0 bridgehead atoms. The lowest BCUT2D eigenvalue weighted by Crippen LogP contribution is -2.19. The predicted molar refractivity (Wildman–Crippen MR) is 142 cm³/mol. The smallest absolute Gasteiger partial charge is 0.340 e. The van der Waals surface area contributed by atoms with Crippen LogP contribution in [0.25, 0.3) is 0 Å². The van der Waals surface area contributed by atoms with Crippen molar-refractivity contribution < 1.29 is 9.53 Å². The van der Waals surface area contributed by atoms with Gasteiger partial charge in [0.05, 0.1) is 12.7 Å². The van der Waals surface area contributed by atoms with E-state index in [9.17, 15) is 4.79 Å². The Morgan fingerprint density at radius 1 is 1.00 bits per heavy atom. The van der Waals surface area contributed by atoms with E-state index in [1.807, 2.05) is 48.5 Å². The third-order valence-corrected chi connectivity index (χ3v) is 6.14. The van der Waals surface area contributed by atoms with Gasteiger partial charge in [-0.1, -0.05) is 41.9 Å². The number of anilines is 4. The van der Waals surface area contributed by atoms with Crippen LogP contribution in [0.2, 0.25) is 5.15 Å². The van der Waals surface area contributed by atoms with Gasteiger partial charge in [-0.05, 0) is 60.2 Å². The Morgan fingerprint density at radius 3 is 2.41 bits per heavy atom. The molecule has 34 heavy (non-hydrogen) atoms. The molecule has 0 saturated heterocycles. The van der Waals surface area contributed by atoms with Crippen molar-refractivity contribution in [3.63, 3.8) is 0 Å². The second-order valence-corrected chi connectivity index (χ2v) is 9.06. The largest absolute Gasteiger partial charge is 0.465 e. The van der Waals surface area contributed by atoms with E-state index < -0.39 is 5.97 Å². The first-order valence-corrected chi connectivity index (χ1v) is 11.8. The number of thiophene rings is 1. The van der Waals surface area contributed by atoms with E-state index in [0.29, 0.717) is 33.1 Å². The van der Waals surface area contributed by atoms with Gasteiger partial charge in [0.2, 0.25) is 0 Å². The molecule has 0 amide bonds. The number of halogens is 1. The number of rotatable bonds is 7. The number of esters is 1. The van der Waals surface area contributed by atoms with E-state index >= 15 is 0 Å². The zero-order valence-electron chi connectivity index (χ0n) is 18.0. The Bertz CT molecular complexity index is 1280. The van der Waals surface area contributed by atoms with E-state index in [1.54, 1.807) is 12.1 Å². The molecule has 2 heterocycles. The molecule has 3 N–H and O–H groups in total. The minimum absolute atomic E-state index is 0.333. The lowest BCUT2D eigenvalue weighted by atomic mass is 10.1. The number of benzene rings is 2. The van der Waals surface area contributed by atoms with Crippen LogP contribution in [0.15, 0.2) is 72.8 Å². The van der Waals surface area contributed by atoms with Crippen molar-refractivity contribution in [3.8, 4) is 0 Å². The lowest BCUT2D eigenvalue weighted by Gasteiger charge is -2.11. The number of hydrogen-bond acceptors (Lipinski definition) is 7. The number of methoxy groups -OCH3 is 1. The first-order valence-electron chi connectivity index (χ1n) is 10.2. The molecule has 0 fully saturated rings. The topological polar surface area (TPSA) is 88.2 Å². The first-order chi connectivity index (χ1) is 16.5. The minimum atomic E-state index is -0.415. The summed E-state index contributed by atoms with van der Waals surface area (Å²) in [4.78, 5) is 13.3. The number of nitrogens with one attached hydrogen (secondary N) is 3. The Balaban J connectivity index is 1.41. The fraction of sp³-hybridized carbons (Fsp3) is 0.0833. The third-order valence-electron chi connectivity index (χ3n) is 4.68. The van der Waals surface area contributed by atoms with Gasteiger partial charge in [0, 0.05) is 22.7 Å². The van der Waals surface area contributed by atoms with Gasteiger partial charge >= 0.3 is 5.97 Å². The van der Waals surface area contributed by atoms with Gasteiger partial charge in [-0.15, -0.1) is 21.5 Å². The molecule has 0 aliphatic carbocycles. The van der Waals surface area contributed by atoms with Crippen LogP contribution in [0.4, 0.5) is 22.2 Å². The quantitative estimate of drug-likeness (QED) is 0.203. The summed E-state index contributed by atoms with van der Waals surface area (Å²) in [7, 11) is 1.36. The Hall–Kier alpha value is -3.53. The monoisotopic (exact) mass is 509 g/mol. The molecule has 2 aromatic heterocycles. The molecule has 0 unspecified atom stereocenters. The second-order valence-electron chi connectivity index (χ2n) is 7.13. The summed E-state index contributed by atoms with van der Waals surface area (Å²) in [5.41, 5.74) is 3.22. The standard InChI is InChI=1S/C24H20ClN5O2S2/c1-32-23(31)19-14-18(13-15-5-3-2-4-6-15)34-22(19)28-24(33)27-17-9-7-16(8-10-17)26-21-12-11-20(25)29-30-21/h2-12,14H,13H2,1H3,(H,26,30)(H2,27,28,33). The van der Waals surface area contributed by atoms with Gasteiger partial charge in [0.1, 0.15) is 5.00 Å². The summed E-state index contributed by atoms with van der Waals surface area (Å²) in [6.45, 7) is 0. The van der Waals surface area contributed by atoms with Crippen molar-refractivity contribution >= 4 is 68.4 Å². The van der Waals surface area contributed by atoms with Gasteiger partial charge in [-0.2, -0.15) is 0 Å². The average Bonchev–Trinajstić information content (AvgIpc) is 3.23. The number of aromatic nitrogens is 2. The van der Waals surface area contributed by atoms with E-state index in [0.717, 1.165) is 21.8 Å². The highest BCUT2D eigenvalue weighted by molar-refractivity contribution is 7.80. The molecule has 4 aromatic rings. The Morgan fingerprint density at radius 2 is 1.74 bits per heavy atom. The Labute approximate surface area is 211 Å². The second kappa shape index (κ2) is 11.1. The first kappa shape index (κ1) is 23.6. The molecule has 0 spiro atoms. The summed E-state index contributed by atoms with van der Waals surface area (Å²) < 4.78 is 4.95. The van der Waals surface area contributed by atoms with Crippen molar-refractivity contribution in [2.45, 2.75) is 6.42 Å². The molecule has 0 atom stereocenters. The predicted octanol–water partition coefficient (Wildman–Crippen LogP) is 6.12. The van der Waals surface area contributed by atoms with Crippen LogP contribution in [-0.2, 0) is 11.2 Å². The molecular formula is C24H20ClN5O2S2. The van der Waals surface area contributed by atoms with Crippen LogP contribution in [-0.4, -0.2) is 28.4 Å². The number of nitrogens with zero attached hydrogens (tertiary/aromatic N) is 2. The number of carbonyl (C=O) groups excluding carboxylic acids is 1. The summed E-state index contributed by atoms with van der Waals surface area (Å²) in [5.74, 6) is 0.170. The van der Waals surface area contributed by atoms with Crippen LogP contribution in [0.1, 0.15) is 20.8 Å². The SMILES string of the molecule is COC(=O)c1cc(Cc2ccccc2)sc1NC(=S)Nc1ccc(Nc2ccc(Cl)nn2)cc1. The van der Waals surface area contributed by atoms with Gasteiger partial charge in [-0.25, -0.2) is 4.79 Å². The maximum Gasteiger partial charge on any atom is 0.340 e. The zero-order chi connectivity index (χ0) is 23.9. The summed E-state index contributed by atoms with van der Waals surface area (Å²) >= 11 is 12.7. The molecule has 7 nitrogen and oxygen atoms in total. The number of ether oxygens (including phenoxy) is 1. The van der Waals surface area contributed by atoms with Crippen LogP contribution < -0.4 is 16.0 Å². The highest BCUT2D eigenvalue weighted by Crippen LogP contribution is 2.31. The van der Waals surface area contributed by atoms with Crippen molar-refractivity contribution in [2.75, 3.05) is 23.1 Å². The number of thiocarbonyl (C=S) groups is 1. The van der Waals surface area contributed by atoms with Gasteiger partial charge < -0.3 is 20.7 Å². The molecule has 172 valence electrons. The minimum Gasteiger partial charge on any atom is -0.465 e. The van der Waals surface area contributed by atoms with Gasteiger partial charge in [0.15, 0.2) is 16.1 Å². The summed E-state index contributed by atoms with van der Waals surface area (Å²) in [6, 6.07) is 22.8. The van der Waals surface area contributed by atoms with Crippen molar-refractivity contribution in [1.29, 1.82) is 0 Å². The highest BCUT2D eigenvalue weighted by Gasteiger charge is 2.18. The molecule has 2 aromatic carbocycles. The van der Waals surface area contributed by atoms with E-state index in [2.05, 4.69) is 38.3 Å².